The SMILES string of the molecule is CSCCC(NC(=O)C(C)NC(=O)C(N)CC(C)C)C(=O)NC(Cc1ccccc1)C(=O)O. The standard InChI is InChI=1S/C23H36N4O5S/c1-14(2)12-17(24)21(29)25-15(3)20(28)26-18(10-11-33-4)22(30)27-19(23(31)32)13-16-8-6-5-7-9-16/h5-9,14-15,17-19H,10-13,24H2,1-4H3,(H,25,29)(H,26,28)(H,27,30)(H,31,32). The number of aliphatic carboxylic acids is 1. The molecule has 0 aliphatic rings. The van der Waals surface area contributed by atoms with Gasteiger partial charge in [0.15, 0.2) is 0 Å². The Morgan fingerprint density at radius 2 is 1.55 bits per heavy atom. The van der Waals surface area contributed by atoms with Gasteiger partial charge in [-0.3, -0.25) is 14.4 Å². The van der Waals surface area contributed by atoms with Crippen LogP contribution in [0.25, 0.3) is 0 Å². The van der Waals surface area contributed by atoms with Gasteiger partial charge in [0.1, 0.15) is 18.1 Å². The van der Waals surface area contributed by atoms with E-state index in [2.05, 4.69) is 16.0 Å². The quantitative estimate of drug-likeness (QED) is 0.266. The first kappa shape index (κ1) is 28.4. The maximum absolute atomic E-state index is 12.9. The summed E-state index contributed by atoms with van der Waals surface area (Å²) in [6.45, 7) is 5.40. The fourth-order valence-electron chi connectivity index (χ4n) is 3.12. The highest BCUT2D eigenvalue weighted by Gasteiger charge is 2.28. The van der Waals surface area contributed by atoms with Crippen LogP contribution in [-0.2, 0) is 25.6 Å². The van der Waals surface area contributed by atoms with Crippen molar-refractivity contribution in [2.75, 3.05) is 12.0 Å². The third-order valence-corrected chi connectivity index (χ3v) is 5.60. The number of rotatable bonds is 14. The zero-order valence-corrected chi connectivity index (χ0v) is 20.5. The van der Waals surface area contributed by atoms with Crippen LogP contribution in [0, 0.1) is 5.92 Å². The number of carbonyl (C=O) groups excluding carboxylic acids is 3. The molecule has 4 unspecified atom stereocenters. The van der Waals surface area contributed by atoms with Crippen molar-refractivity contribution in [2.24, 2.45) is 11.7 Å². The molecule has 1 rings (SSSR count). The van der Waals surface area contributed by atoms with Gasteiger partial charge in [0.25, 0.3) is 0 Å². The first-order valence-corrected chi connectivity index (χ1v) is 12.4. The third-order valence-electron chi connectivity index (χ3n) is 4.96. The topological polar surface area (TPSA) is 151 Å². The maximum atomic E-state index is 12.9. The summed E-state index contributed by atoms with van der Waals surface area (Å²) in [6.07, 6.45) is 2.78. The van der Waals surface area contributed by atoms with Crippen molar-refractivity contribution >= 4 is 35.5 Å². The van der Waals surface area contributed by atoms with Gasteiger partial charge in [-0.05, 0) is 43.3 Å². The largest absolute Gasteiger partial charge is 0.480 e. The van der Waals surface area contributed by atoms with Crippen LogP contribution < -0.4 is 21.7 Å². The average molecular weight is 481 g/mol. The van der Waals surface area contributed by atoms with E-state index in [-0.39, 0.29) is 12.3 Å². The van der Waals surface area contributed by atoms with E-state index in [0.717, 1.165) is 5.56 Å². The number of nitrogens with one attached hydrogen (secondary N) is 3. The Morgan fingerprint density at radius 1 is 0.939 bits per heavy atom. The molecule has 1 aromatic carbocycles. The second kappa shape index (κ2) is 14.5. The third kappa shape index (κ3) is 10.7. The van der Waals surface area contributed by atoms with E-state index in [1.165, 1.54) is 18.7 Å². The van der Waals surface area contributed by atoms with Crippen LogP contribution in [-0.4, -0.2) is 65.0 Å². The molecule has 10 heteroatoms. The summed E-state index contributed by atoms with van der Waals surface area (Å²) in [5.41, 5.74) is 6.63. The summed E-state index contributed by atoms with van der Waals surface area (Å²) in [5.74, 6) is -1.93. The molecule has 0 aromatic heterocycles. The molecule has 4 atom stereocenters. The van der Waals surface area contributed by atoms with E-state index in [9.17, 15) is 24.3 Å². The number of hydrogen-bond donors (Lipinski definition) is 5. The fraction of sp³-hybridized carbons (Fsp3) is 0.565. The molecular weight excluding hydrogens is 444 g/mol. The van der Waals surface area contributed by atoms with E-state index in [0.29, 0.717) is 18.6 Å². The van der Waals surface area contributed by atoms with Gasteiger partial charge in [0.05, 0.1) is 6.04 Å². The van der Waals surface area contributed by atoms with Gasteiger partial charge in [-0.1, -0.05) is 44.2 Å². The van der Waals surface area contributed by atoms with Crippen molar-refractivity contribution in [3.8, 4) is 0 Å². The van der Waals surface area contributed by atoms with Crippen molar-refractivity contribution in [3.05, 3.63) is 35.9 Å². The van der Waals surface area contributed by atoms with Gasteiger partial charge in [-0.25, -0.2) is 4.79 Å². The monoisotopic (exact) mass is 480 g/mol. The van der Waals surface area contributed by atoms with Crippen molar-refractivity contribution in [2.45, 2.75) is 64.2 Å². The zero-order chi connectivity index (χ0) is 25.0. The maximum Gasteiger partial charge on any atom is 0.326 e. The molecule has 0 radical (unpaired) electrons. The van der Waals surface area contributed by atoms with Gasteiger partial charge in [0.2, 0.25) is 17.7 Å². The van der Waals surface area contributed by atoms with E-state index >= 15 is 0 Å². The molecule has 3 amide bonds. The molecule has 0 bridgehead atoms. The van der Waals surface area contributed by atoms with Gasteiger partial charge < -0.3 is 26.8 Å². The first-order chi connectivity index (χ1) is 15.5. The molecule has 0 saturated heterocycles. The van der Waals surface area contributed by atoms with Crippen LogP contribution >= 0.6 is 11.8 Å². The van der Waals surface area contributed by atoms with Crippen LogP contribution in [0.5, 0.6) is 0 Å². The molecule has 0 fully saturated rings. The number of nitrogens with two attached hydrogens (primary N) is 1. The van der Waals surface area contributed by atoms with Crippen molar-refractivity contribution in [1.29, 1.82) is 0 Å². The lowest BCUT2D eigenvalue weighted by atomic mass is 10.0. The predicted octanol–water partition coefficient (Wildman–Crippen LogP) is 0.915. The zero-order valence-electron chi connectivity index (χ0n) is 19.7. The first-order valence-electron chi connectivity index (χ1n) is 11.0. The Labute approximate surface area is 199 Å². The van der Waals surface area contributed by atoms with Crippen LogP contribution in [0.1, 0.15) is 39.2 Å². The highest BCUT2D eigenvalue weighted by molar-refractivity contribution is 7.98. The number of carboxylic acid groups (broad SMARTS) is 1. The fourth-order valence-corrected chi connectivity index (χ4v) is 3.60. The second-order valence-corrected chi connectivity index (χ2v) is 9.38. The van der Waals surface area contributed by atoms with E-state index < -0.39 is 47.9 Å². The molecule has 1 aromatic rings. The summed E-state index contributed by atoms with van der Waals surface area (Å²) in [4.78, 5) is 49.4. The van der Waals surface area contributed by atoms with Crippen LogP contribution in [0.3, 0.4) is 0 Å². The number of carbonyl (C=O) groups is 4. The number of thioether (sulfide) groups is 1. The predicted molar refractivity (Wildman–Crippen MR) is 130 cm³/mol. The molecular formula is C23H36N4O5S. The van der Waals surface area contributed by atoms with Crippen LogP contribution in [0.4, 0.5) is 0 Å². The normalized spacial score (nSPS) is 14.6. The van der Waals surface area contributed by atoms with Crippen LogP contribution in [0.2, 0.25) is 0 Å². The smallest absolute Gasteiger partial charge is 0.326 e. The highest BCUT2D eigenvalue weighted by atomic mass is 32.2. The molecule has 184 valence electrons. The lowest BCUT2D eigenvalue weighted by molar-refractivity contribution is -0.142. The minimum atomic E-state index is -1.16. The summed E-state index contributed by atoms with van der Waals surface area (Å²) < 4.78 is 0. The minimum absolute atomic E-state index is 0.116. The van der Waals surface area contributed by atoms with Gasteiger partial charge in [-0.2, -0.15) is 11.8 Å². The van der Waals surface area contributed by atoms with Crippen molar-refractivity contribution < 1.29 is 24.3 Å². The average Bonchev–Trinajstić information content (AvgIpc) is 2.75. The van der Waals surface area contributed by atoms with Gasteiger partial charge in [0, 0.05) is 6.42 Å². The number of carboxylic acids is 1. The number of hydrogen-bond acceptors (Lipinski definition) is 6. The molecule has 0 heterocycles. The Hall–Kier alpha value is -2.59. The Bertz CT molecular complexity index is 790. The van der Waals surface area contributed by atoms with E-state index in [1.807, 2.05) is 26.2 Å². The molecule has 0 saturated carbocycles. The molecule has 9 nitrogen and oxygen atoms in total. The van der Waals surface area contributed by atoms with Gasteiger partial charge in [-0.15, -0.1) is 0 Å². The summed E-state index contributed by atoms with van der Waals surface area (Å²) in [7, 11) is 0. The van der Waals surface area contributed by atoms with Crippen molar-refractivity contribution in [1.82, 2.24) is 16.0 Å². The summed E-state index contributed by atoms with van der Waals surface area (Å²) in [6, 6.07) is 5.26. The summed E-state index contributed by atoms with van der Waals surface area (Å²) in [5, 5.41) is 17.3. The summed E-state index contributed by atoms with van der Waals surface area (Å²) >= 11 is 1.50. The van der Waals surface area contributed by atoms with Crippen molar-refractivity contribution in [3.63, 3.8) is 0 Å². The Balaban J connectivity index is 2.79. The molecule has 33 heavy (non-hydrogen) atoms. The highest BCUT2D eigenvalue weighted by Crippen LogP contribution is 2.07. The second-order valence-electron chi connectivity index (χ2n) is 8.40. The minimum Gasteiger partial charge on any atom is -0.480 e. The number of amides is 3. The van der Waals surface area contributed by atoms with Crippen LogP contribution in [0.15, 0.2) is 30.3 Å². The molecule has 0 aliphatic heterocycles. The lowest BCUT2D eigenvalue weighted by Gasteiger charge is -2.24. The Kier molecular flexibility index (Phi) is 12.5. The number of benzene rings is 1. The molecule has 0 spiro atoms. The van der Waals surface area contributed by atoms with E-state index in [1.54, 1.807) is 24.3 Å². The Morgan fingerprint density at radius 3 is 2.09 bits per heavy atom. The molecule has 6 N–H and O–H groups in total. The van der Waals surface area contributed by atoms with Gasteiger partial charge >= 0.3 is 5.97 Å². The van der Waals surface area contributed by atoms with E-state index in [4.69, 9.17) is 5.73 Å². The lowest BCUT2D eigenvalue weighted by Crippen LogP contribution is -2.56. The molecule has 0 aliphatic carbocycles.